The quantitative estimate of drug-likeness (QED) is 0.920. The molecule has 0 aliphatic rings. The lowest BCUT2D eigenvalue weighted by molar-refractivity contribution is -0.122. The second kappa shape index (κ2) is 6.38. The fourth-order valence-electron chi connectivity index (χ4n) is 1.53. The highest BCUT2D eigenvalue weighted by Gasteiger charge is 2.16. The van der Waals surface area contributed by atoms with E-state index in [-0.39, 0.29) is 5.91 Å². The molecule has 0 radical (unpaired) electrons. The summed E-state index contributed by atoms with van der Waals surface area (Å²) in [7, 11) is 1.60. The molecule has 5 nitrogen and oxygen atoms in total. The van der Waals surface area contributed by atoms with Crippen molar-refractivity contribution in [2.75, 3.05) is 12.4 Å². The molecule has 1 amide bonds. The SMILES string of the molecule is COc1ccc(OC(C)C(=O)Nc2nc(C)cs2)cc1. The summed E-state index contributed by atoms with van der Waals surface area (Å²) < 4.78 is 10.6. The van der Waals surface area contributed by atoms with Crippen LogP contribution >= 0.6 is 11.3 Å². The van der Waals surface area contributed by atoms with Crippen LogP contribution < -0.4 is 14.8 Å². The van der Waals surface area contributed by atoms with Crippen LogP contribution in [0.1, 0.15) is 12.6 Å². The summed E-state index contributed by atoms with van der Waals surface area (Å²) in [5, 5.41) is 5.18. The number of nitrogens with zero attached hydrogens (tertiary/aromatic N) is 1. The molecule has 0 fully saturated rings. The van der Waals surface area contributed by atoms with E-state index in [9.17, 15) is 4.79 Å². The van der Waals surface area contributed by atoms with Crippen LogP contribution in [-0.2, 0) is 4.79 Å². The average molecular weight is 292 g/mol. The summed E-state index contributed by atoms with van der Waals surface area (Å²) in [5.74, 6) is 1.13. The van der Waals surface area contributed by atoms with Crippen LogP contribution in [0.3, 0.4) is 0 Å². The Kier molecular flexibility index (Phi) is 4.57. The third-order valence-corrected chi connectivity index (χ3v) is 3.47. The van der Waals surface area contributed by atoms with Gasteiger partial charge in [-0.25, -0.2) is 4.98 Å². The zero-order chi connectivity index (χ0) is 14.5. The summed E-state index contributed by atoms with van der Waals surface area (Å²) in [6.07, 6.45) is -0.604. The van der Waals surface area contributed by atoms with Crippen LogP contribution in [0.25, 0.3) is 0 Å². The maximum atomic E-state index is 12.0. The zero-order valence-corrected chi connectivity index (χ0v) is 12.4. The second-order valence-corrected chi connectivity index (χ2v) is 5.08. The number of benzene rings is 1. The fraction of sp³-hybridized carbons (Fsp3) is 0.286. The number of anilines is 1. The highest BCUT2D eigenvalue weighted by molar-refractivity contribution is 7.13. The van der Waals surface area contributed by atoms with Crippen molar-refractivity contribution >= 4 is 22.4 Å². The van der Waals surface area contributed by atoms with Gasteiger partial charge in [-0.2, -0.15) is 0 Å². The summed E-state index contributed by atoms with van der Waals surface area (Å²) in [6, 6.07) is 7.08. The number of thiazole rings is 1. The third kappa shape index (κ3) is 3.71. The number of aryl methyl sites for hydroxylation is 1. The van der Waals surface area contributed by atoms with Gasteiger partial charge in [0.1, 0.15) is 11.5 Å². The predicted molar refractivity (Wildman–Crippen MR) is 78.6 cm³/mol. The van der Waals surface area contributed by atoms with E-state index in [2.05, 4.69) is 10.3 Å². The lowest BCUT2D eigenvalue weighted by Crippen LogP contribution is -2.30. The molecule has 0 spiro atoms. The van der Waals surface area contributed by atoms with E-state index < -0.39 is 6.10 Å². The number of ether oxygens (including phenoxy) is 2. The lowest BCUT2D eigenvalue weighted by Gasteiger charge is -2.13. The minimum Gasteiger partial charge on any atom is -0.497 e. The Bertz CT molecular complexity index is 580. The van der Waals surface area contributed by atoms with E-state index in [0.717, 1.165) is 11.4 Å². The number of nitrogens with one attached hydrogen (secondary N) is 1. The van der Waals surface area contributed by atoms with Gasteiger partial charge in [0.25, 0.3) is 5.91 Å². The molecule has 1 aromatic heterocycles. The lowest BCUT2D eigenvalue weighted by atomic mass is 10.3. The van der Waals surface area contributed by atoms with Crippen LogP contribution in [0, 0.1) is 6.92 Å². The Balaban J connectivity index is 1.92. The van der Waals surface area contributed by atoms with Gasteiger partial charge in [0, 0.05) is 5.38 Å². The molecule has 6 heteroatoms. The number of aromatic nitrogens is 1. The summed E-state index contributed by atoms with van der Waals surface area (Å²) in [4.78, 5) is 16.1. The van der Waals surface area contributed by atoms with Crippen molar-refractivity contribution < 1.29 is 14.3 Å². The summed E-state index contributed by atoms with van der Waals surface area (Å²) in [6.45, 7) is 3.57. The van der Waals surface area contributed by atoms with Crippen LogP contribution in [0.5, 0.6) is 11.5 Å². The minimum absolute atomic E-state index is 0.227. The zero-order valence-electron chi connectivity index (χ0n) is 11.5. The number of hydrogen-bond donors (Lipinski definition) is 1. The number of amides is 1. The molecular formula is C14H16N2O3S. The molecule has 1 heterocycles. The summed E-state index contributed by atoms with van der Waals surface area (Å²) >= 11 is 1.39. The minimum atomic E-state index is -0.604. The van der Waals surface area contributed by atoms with Crippen molar-refractivity contribution in [2.45, 2.75) is 20.0 Å². The number of methoxy groups -OCH3 is 1. The fourth-order valence-corrected chi connectivity index (χ4v) is 2.22. The molecule has 0 aliphatic carbocycles. The van der Waals surface area contributed by atoms with E-state index in [1.807, 2.05) is 12.3 Å². The van der Waals surface area contributed by atoms with E-state index in [4.69, 9.17) is 9.47 Å². The van der Waals surface area contributed by atoms with Gasteiger partial charge in [0.05, 0.1) is 12.8 Å². The van der Waals surface area contributed by atoms with E-state index in [1.54, 1.807) is 38.3 Å². The molecule has 0 saturated carbocycles. The van der Waals surface area contributed by atoms with E-state index in [0.29, 0.717) is 10.9 Å². The van der Waals surface area contributed by atoms with Crippen LogP contribution in [0.4, 0.5) is 5.13 Å². The standard InChI is InChI=1S/C14H16N2O3S/c1-9-8-20-14(15-9)16-13(17)10(2)19-12-6-4-11(18-3)5-7-12/h4-8,10H,1-3H3,(H,15,16,17). The molecule has 1 atom stereocenters. The Morgan fingerprint density at radius 1 is 1.30 bits per heavy atom. The van der Waals surface area contributed by atoms with Gasteiger partial charge < -0.3 is 9.47 Å². The molecule has 0 aliphatic heterocycles. The average Bonchev–Trinajstić information content (AvgIpc) is 2.85. The van der Waals surface area contributed by atoms with Gasteiger partial charge in [-0.15, -0.1) is 11.3 Å². The third-order valence-electron chi connectivity index (χ3n) is 2.59. The highest BCUT2D eigenvalue weighted by atomic mass is 32.1. The first kappa shape index (κ1) is 14.3. The first-order valence-electron chi connectivity index (χ1n) is 6.12. The van der Waals surface area contributed by atoms with Gasteiger partial charge >= 0.3 is 0 Å². The molecule has 0 saturated heterocycles. The molecule has 1 aromatic carbocycles. The van der Waals surface area contributed by atoms with Gasteiger partial charge in [0.15, 0.2) is 11.2 Å². The Morgan fingerprint density at radius 3 is 2.50 bits per heavy atom. The molecule has 106 valence electrons. The monoisotopic (exact) mass is 292 g/mol. The van der Waals surface area contributed by atoms with Crippen molar-refractivity contribution in [3.05, 3.63) is 35.3 Å². The normalized spacial score (nSPS) is 11.8. The van der Waals surface area contributed by atoms with Crippen molar-refractivity contribution in [1.29, 1.82) is 0 Å². The van der Waals surface area contributed by atoms with Gasteiger partial charge in [0.2, 0.25) is 0 Å². The first-order valence-corrected chi connectivity index (χ1v) is 7.00. The Hall–Kier alpha value is -2.08. The van der Waals surface area contributed by atoms with Crippen LogP contribution in [0.2, 0.25) is 0 Å². The van der Waals surface area contributed by atoms with Crippen molar-refractivity contribution in [3.8, 4) is 11.5 Å². The molecular weight excluding hydrogens is 276 g/mol. The van der Waals surface area contributed by atoms with E-state index in [1.165, 1.54) is 11.3 Å². The maximum absolute atomic E-state index is 12.0. The molecule has 1 N–H and O–H groups in total. The topological polar surface area (TPSA) is 60.5 Å². The van der Waals surface area contributed by atoms with Gasteiger partial charge in [-0.3, -0.25) is 10.1 Å². The van der Waals surface area contributed by atoms with Gasteiger partial charge in [-0.05, 0) is 38.1 Å². The summed E-state index contributed by atoms with van der Waals surface area (Å²) in [5.41, 5.74) is 0.883. The van der Waals surface area contributed by atoms with Crippen molar-refractivity contribution in [2.24, 2.45) is 0 Å². The van der Waals surface area contributed by atoms with Crippen molar-refractivity contribution in [3.63, 3.8) is 0 Å². The second-order valence-electron chi connectivity index (χ2n) is 4.22. The number of carbonyl (C=O) groups is 1. The molecule has 2 aromatic rings. The molecule has 0 bridgehead atoms. The van der Waals surface area contributed by atoms with E-state index >= 15 is 0 Å². The molecule has 2 rings (SSSR count). The highest BCUT2D eigenvalue weighted by Crippen LogP contribution is 2.19. The van der Waals surface area contributed by atoms with Crippen LogP contribution in [0.15, 0.2) is 29.6 Å². The Morgan fingerprint density at radius 2 is 1.95 bits per heavy atom. The Labute approximate surface area is 121 Å². The van der Waals surface area contributed by atoms with Gasteiger partial charge in [-0.1, -0.05) is 0 Å². The number of carbonyl (C=O) groups excluding carboxylic acids is 1. The molecule has 20 heavy (non-hydrogen) atoms. The number of hydrogen-bond acceptors (Lipinski definition) is 5. The predicted octanol–water partition coefficient (Wildman–Crippen LogP) is 2.87. The largest absolute Gasteiger partial charge is 0.497 e. The smallest absolute Gasteiger partial charge is 0.266 e. The first-order chi connectivity index (χ1) is 9.58. The van der Waals surface area contributed by atoms with Crippen molar-refractivity contribution in [1.82, 2.24) is 4.98 Å². The number of rotatable bonds is 5. The van der Waals surface area contributed by atoms with Crippen LogP contribution in [-0.4, -0.2) is 24.1 Å². The molecule has 1 unspecified atom stereocenters. The maximum Gasteiger partial charge on any atom is 0.266 e.